The highest BCUT2D eigenvalue weighted by Gasteiger charge is 2.37. The quantitative estimate of drug-likeness (QED) is 0.585. The molecule has 3 amide bonds. The molecule has 6 nitrogen and oxygen atoms in total. The van der Waals surface area contributed by atoms with Crippen molar-refractivity contribution in [3.8, 4) is 5.75 Å². The lowest BCUT2D eigenvalue weighted by molar-refractivity contribution is -0.135. The molecule has 0 radical (unpaired) electrons. The van der Waals surface area contributed by atoms with Gasteiger partial charge in [0, 0.05) is 13.1 Å². The van der Waals surface area contributed by atoms with Gasteiger partial charge in [-0.3, -0.25) is 19.3 Å². The van der Waals surface area contributed by atoms with Crippen molar-refractivity contribution >= 4 is 50.8 Å². The molecular formula is C20H23BrN2O4S. The zero-order valence-electron chi connectivity index (χ0n) is 15.9. The van der Waals surface area contributed by atoms with E-state index in [1.54, 1.807) is 11.0 Å². The Bertz CT molecular complexity index is 820. The van der Waals surface area contributed by atoms with Crippen LogP contribution < -0.4 is 4.74 Å². The fraction of sp³-hybridized carbons (Fsp3) is 0.450. The number of hydrogen-bond donors (Lipinski definition) is 0. The number of rotatable bonds is 6. The Morgan fingerprint density at radius 1 is 1.32 bits per heavy atom. The molecule has 0 aliphatic carbocycles. The van der Waals surface area contributed by atoms with Crippen LogP contribution >= 0.6 is 27.7 Å². The molecule has 3 rings (SSSR count). The van der Waals surface area contributed by atoms with Crippen LogP contribution in [-0.4, -0.2) is 52.6 Å². The lowest BCUT2D eigenvalue weighted by Crippen LogP contribution is -2.40. The van der Waals surface area contributed by atoms with Crippen molar-refractivity contribution in [2.24, 2.45) is 0 Å². The summed E-state index contributed by atoms with van der Waals surface area (Å²) in [5, 5.41) is -0.403. The van der Waals surface area contributed by atoms with Crippen LogP contribution in [0.15, 0.2) is 27.6 Å². The normalized spacial score (nSPS) is 19.6. The van der Waals surface area contributed by atoms with E-state index < -0.39 is 11.1 Å². The average molecular weight is 467 g/mol. The largest absolute Gasteiger partial charge is 0.490 e. The van der Waals surface area contributed by atoms with Crippen LogP contribution in [0.25, 0.3) is 6.08 Å². The standard InChI is InChI=1S/C20H23BrN2O4S/c1-3-13(2)27-16-7-6-14(10-15(16)21)11-17-19(25)23(20(26)28-17)12-18(24)22-8-4-5-9-22/h6-7,10-11,13H,3-5,8-9,12H2,1-2H3/b17-11+/t13-/m1/s1. The second kappa shape index (κ2) is 9.13. The van der Waals surface area contributed by atoms with Gasteiger partial charge >= 0.3 is 0 Å². The van der Waals surface area contributed by atoms with Crippen molar-refractivity contribution in [1.29, 1.82) is 0 Å². The summed E-state index contributed by atoms with van der Waals surface area (Å²) < 4.78 is 6.61. The Morgan fingerprint density at radius 3 is 2.68 bits per heavy atom. The van der Waals surface area contributed by atoms with Gasteiger partial charge in [0.05, 0.1) is 15.5 Å². The molecule has 1 atom stereocenters. The maximum Gasteiger partial charge on any atom is 0.294 e. The molecule has 0 unspecified atom stereocenters. The van der Waals surface area contributed by atoms with Gasteiger partial charge in [-0.1, -0.05) is 13.0 Å². The van der Waals surface area contributed by atoms with Crippen LogP contribution in [0.3, 0.4) is 0 Å². The lowest BCUT2D eigenvalue weighted by atomic mass is 10.2. The Kier molecular flexibility index (Phi) is 6.82. The minimum atomic E-state index is -0.418. The zero-order valence-corrected chi connectivity index (χ0v) is 18.3. The highest BCUT2D eigenvalue weighted by Crippen LogP contribution is 2.34. The summed E-state index contributed by atoms with van der Waals surface area (Å²) >= 11 is 4.36. The number of carbonyl (C=O) groups is 3. The molecule has 2 aliphatic rings. The third-order valence-electron chi connectivity index (χ3n) is 4.78. The minimum Gasteiger partial charge on any atom is -0.490 e. The number of likely N-dealkylation sites (tertiary alicyclic amines) is 1. The van der Waals surface area contributed by atoms with Crippen molar-refractivity contribution in [3.05, 3.63) is 33.1 Å². The minimum absolute atomic E-state index is 0.104. The molecule has 0 N–H and O–H groups in total. The SMILES string of the molecule is CC[C@@H](C)Oc1ccc(/C=C2/SC(=O)N(CC(=O)N3CCCC3)C2=O)cc1Br. The maximum atomic E-state index is 12.6. The number of benzene rings is 1. The molecule has 2 heterocycles. The van der Waals surface area contributed by atoms with E-state index in [1.807, 2.05) is 25.1 Å². The molecule has 1 aromatic carbocycles. The summed E-state index contributed by atoms with van der Waals surface area (Å²) in [6.45, 7) is 5.26. The van der Waals surface area contributed by atoms with E-state index in [0.717, 1.165) is 51.7 Å². The van der Waals surface area contributed by atoms with E-state index in [4.69, 9.17) is 4.74 Å². The Morgan fingerprint density at radius 2 is 2.04 bits per heavy atom. The molecule has 150 valence electrons. The number of thioether (sulfide) groups is 1. The number of imide groups is 1. The number of ether oxygens (including phenoxy) is 1. The van der Waals surface area contributed by atoms with Gasteiger partial charge in [-0.2, -0.15) is 0 Å². The van der Waals surface area contributed by atoms with E-state index in [1.165, 1.54) is 0 Å². The summed E-state index contributed by atoms with van der Waals surface area (Å²) in [5.41, 5.74) is 0.778. The van der Waals surface area contributed by atoms with E-state index >= 15 is 0 Å². The molecule has 2 fully saturated rings. The number of nitrogens with zero attached hydrogens (tertiary/aromatic N) is 2. The Labute approximate surface area is 177 Å². The molecule has 0 bridgehead atoms. The molecular weight excluding hydrogens is 444 g/mol. The molecule has 0 saturated carbocycles. The first-order valence-corrected chi connectivity index (χ1v) is 11.0. The molecule has 1 aromatic rings. The number of carbonyl (C=O) groups excluding carboxylic acids is 3. The van der Waals surface area contributed by atoms with E-state index in [0.29, 0.717) is 18.0 Å². The summed E-state index contributed by atoms with van der Waals surface area (Å²) in [4.78, 5) is 40.2. The maximum absolute atomic E-state index is 12.6. The van der Waals surface area contributed by atoms with Gasteiger partial charge in [-0.15, -0.1) is 0 Å². The van der Waals surface area contributed by atoms with Crippen molar-refractivity contribution in [2.75, 3.05) is 19.6 Å². The fourth-order valence-electron chi connectivity index (χ4n) is 2.99. The molecule has 8 heteroatoms. The van der Waals surface area contributed by atoms with Crippen molar-refractivity contribution in [1.82, 2.24) is 9.80 Å². The number of halogens is 1. The molecule has 2 aliphatic heterocycles. The molecule has 2 saturated heterocycles. The molecule has 0 aromatic heterocycles. The first-order chi connectivity index (χ1) is 13.4. The predicted octanol–water partition coefficient (Wildman–Crippen LogP) is 4.29. The summed E-state index contributed by atoms with van der Waals surface area (Å²) in [6, 6.07) is 5.52. The summed E-state index contributed by atoms with van der Waals surface area (Å²) in [7, 11) is 0. The third-order valence-corrected chi connectivity index (χ3v) is 6.31. The monoisotopic (exact) mass is 466 g/mol. The highest BCUT2D eigenvalue weighted by atomic mass is 79.9. The predicted molar refractivity (Wildman–Crippen MR) is 113 cm³/mol. The van der Waals surface area contributed by atoms with Gasteiger partial charge in [0.1, 0.15) is 12.3 Å². The van der Waals surface area contributed by atoms with E-state index in [-0.39, 0.29) is 18.6 Å². The number of hydrogen-bond acceptors (Lipinski definition) is 5. The Hall–Kier alpha value is -1.80. The molecule has 28 heavy (non-hydrogen) atoms. The third kappa shape index (κ3) is 4.78. The highest BCUT2D eigenvalue weighted by molar-refractivity contribution is 9.10. The summed E-state index contributed by atoms with van der Waals surface area (Å²) in [6.07, 6.45) is 4.62. The van der Waals surface area contributed by atoms with Crippen molar-refractivity contribution in [3.63, 3.8) is 0 Å². The zero-order chi connectivity index (χ0) is 20.3. The second-order valence-electron chi connectivity index (χ2n) is 6.88. The Balaban J connectivity index is 1.70. The van der Waals surface area contributed by atoms with Gasteiger partial charge in [0.15, 0.2) is 0 Å². The van der Waals surface area contributed by atoms with Crippen LogP contribution in [0.5, 0.6) is 5.75 Å². The fourth-order valence-corrected chi connectivity index (χ4v) is 4.32. The topological polar surface area (TPSA) is 66.9 Å². The van der Waals surface area contributed by atoms with Crippen LogP contribution in [-0.2, 0) is 9.59 Å². The smallest absolute Gasteiger partial charge is 0.294 e. The molecule has 0 spiro atoms. The van der Waals surface area contributed by atoms with Crippen molar-refractivity contribution in [2.45, 2.75) is 39.2 Å². The van der Waals surface area contributed by atoms with Gasteiger partial charge in [-0.05, 0) is 77.7 Å². The van der Waals surface area contributed by atoms with Crippen LogP contribution in [0.1, 0.15) is 38.7 Å². The van der Waals surface area contributed by atoms with Crippen LogP contribution in [0, 0.1) is 0 Å². The second-order valence-corrected chi connectivity index (χ2v) is 8.73. The van der Waals surface area contributed by atoms with E-state index in [2.05, 4.69) is 22.9 Å². The van der Waals surface area contributed by atoms with Gasteiger partial charge in [-0.25, -0.2) is 0 Å². The van der Waals surface area contributed by atoms with Crippen molar-refractivity contribution < 1.29 is 19.1 Å². The van der Waals surface area contributed by atoms with Crippen LogP contribution in [0.2, 0.25) is 0 Å². The van der Waals surface area contributed by atoms with Gasteiger partial charge in [0.25, 0.3) is 11.1 Å². The van der Waals surface area contributed by atoms with E-state index in [9.17, 15) is 14.4 Å². The first kappa shape index (κ1) is 20.9. The lowest BCUT2D eigenvalue weighted by Gasteiger charge is -2.18. The van der Waals surface area contributed by atoms with Gasteiger partial charge < -0.3 is 9.64 Å². The summed E-state index contributed by atoms with van der Waals surface area (Å²) in [5.74, 6) is 0.143. The van der Waals surface area contributed by atoms with Gasteiger partial charge in [0.2, 0.25) is 5.91 Å². The van der Waals surface area contributed by atoms with Crippen LogP contribution in [0.4, 0.5) is 4.79 Å². The average Bonchev–Trinajstić information content (AvgIpc) is 3.29. The first-order valence-electron chi connectivity index (χ1n) is 9.38. The number of amides is 3.